The van der Waals surface area contributed by atoms with Crippen LogP contribution in [-0.4, -0.2) is 20.2 Å². The molecule has 0 amide bonds. The van der Waals surface area contributed by atoms with Crippen LogP contribution in [0.1, 0.15) is 12.0 Å². The third-order valence-corrected chi connectivity index (χ3v) is 5.21. The lowest BCUT2D eigenvalue weighted by atomic mass is 10.2. The first-order valence-corrected chi connectivity index (χ1v) is 6.61. The highest BCUT2D eigenvalue weighted by molar-refractivity contribution is 7.92. The molecule has 82 valence electrons. The van der Waals surface area contributed by atoms with Crippen LogP contribution in [0.5, 0.6) is 0 Å². The molecular formula is C11H15NO2S. The van der Waals surface area contributed by atoms with Crippen molar-refractivity contribution in [1.29, 1.82) is 0 Å². The quantitative estimate of drug-likeness (QED) is 0.838. The Labute approximate surface area is 90.2 Å². The SMILES string of the molecule is Cc1ccc(S(=O)(=O)[C@@H]2C[C@H]2CN)cc1. The predicted molar refractivity (Wildman–Crippen MR) is 59.3 cm³/mol. The fourth-order valence-electron chi connectivity index (χ4n) is 1.75. The Hall–Kier alpha value is -0.870. The molecule has 3 nitrogen and oxygen atoms in total. The van der Waals surface area contributed by atoms with E-state index in [1.807, 2.05) is 19.1 Å². The van der Waals surface area contributed by atoms with Crippen molar-refractivity contribution in [2.45, 2.75) is 23.5 Å². The highest BCUT2D eigenvalue weighted by Gasteiger charge is 2.46. The molecule has 1 fully saturated rings. The van der Waals surface area contributed by atoms with Gasteiger partial charge in [0.1, 0.15) is 0 Å². The Morgan fingerprint density at radius 1 is 1.33 bits per heavy atom. The van der Waals surface area contributed by atoms with E-state index in [0.717, 1.165) is 5.56 Å². The topological polar surface area (TPSA) is 60.2 Å². The Morgan fingerprint density at radius 2 is 1.93 bits per heavy atom. The Bertz CT molecular complexity index is 450. The van der Waals surface area contributed by atoms with Gasteiger partial charge in [-0.15, -0.1) is 0 Å². The second-order valence-electron chi connectivity index (χ2n) is 4.13. The molecule has 0 bridgehead atoms. The first kappa shape index (κ1) is 10.6. The number of hydrogen-bond acceptors (Lipinski definition) is 3. The summed E-state index contributed by atoms with van der Waals surface area (Å²) in [5.41, 5.74) is 6.53. The maximum atomic E-state index is 12.0. The molecule has 1 aromatic carbocycles. The average molecular weight is 225 g/mol. The average Bonchev–Trinajstić information content (AvgIpc) is 2.98. The first-order chi connectivity index (χ1) is 7.05. The zero-order valence-electron chi connectivity index (χ0n) is 8.68. The molecule has 0 aliphatic heterocycles. The van der Waals surface area contributed by atoms with Crippen molar-refractivity contribution >= 4 is 9.84 Å². The van der Waals surface area contributed by atoms with Crippen molar-refractivity contribution in [3.8, 4) is 0 Å². The Morgan fingerprint density at radius 3 is 2.40 bits per heavy atom. The van der Waals surface area contributed by atoms with Gasteiger partial charge < -0.3 is 5.73 Å². The molecule has 1 saturated carbocycles. The fraction of sp³-hybridized carbons (Fsp3) is 0.455. The fourth-order valence-corrected chi connectivity index (χ4v) is 3.73. The van der Waals surface area contributed by atoms with Crippen LogP contribution in [0.25, 0.3) is 0 Å². The summed E-state index contributed by atoms with van der Waals surface area (Å²) in [7, 11) is -3.12. The maximum Gasteiger partial charge on any atom is 0.181 e. The van der Waals surface area contributed by atoms with Crippen molar-refractivity contribution in [3.05, 3.63) is 29.8 Å². The van der Waals surface area contributed by atoms with Crippen molar-refractivity contribution < 1.29 is 8.42 Å². The van der Waals surface area contributed by atoms with Gasteiger partial charge in [-0.3, -0.25) is 0 Å². The summed E-state index contributed by atoms with van der Waals surface area (Å²) in [6.07, 6.45) is 0.715. The molecule has 0 heterocycles. The molecule has 15 heavy (non-hydrogen) atoms. The second-order valence-corrected chi connectivity index (χ2v) is 6.29. The van der Waals surface area contributed by atoms with E-state index in [-0.39, 0.29) is 11.2 Å². The standard InChI is InChI=1S/C11H15NO2S/c1-8-2-4-10(5-3-8)15(13,14)11-6-9(11)7-12/h2-5,9,11H,6-7,12H2,1H3/t9-,11+/m0/s1. The largest absolute Gasteiger partial charge is 0.330 e. The van der Waals surface area contributed by atoms with Gasteiger partial charge in [0.25, 0.3) is 0 Å². The molecule has 0 unspecified atom stereocenters. The van der Waals surface area contributed by atoms with Crippen molar-refractivity contribution in [1.82, 2.24) is 0 Å². The van der Waals surface area contributed by atoms with Crippen LogP contribution in [0, 0.1) is 12.8 Å². The van der Waals surface area contributed by atoms with Crippen molar-refractivity contribution in [2.24, 2.45) is 11.7 Å². The number of sulfone groups is 1. The van der Waals surface area contributed by atoms with Gasteiger partial charge in [0.2, 0.25) is 0 Å². The molecule has 1 aliphatic rings. The minimum Gasteiger partial charge on any atom is -0.330 e. The summed E-state index contributed by atoms with van der Waals surface area (Å²) >= 11 is 0. The normalized spacial score (nSPS) is 25.2. The van der Waals surface area contributed by atoms with Crippen LogP contribution in [0.2, 0.25) is 0 Å². The van der Waals surface area contributed by atoms with Gasteiger partial charge in [-0.2, -0.15) is 0 Å². The lowest BCUT2D eigenvalue weighted by molar-refractivity contribution is 0.592. The highest BCUT2D eigenvalue weighted by Crippen LogP contribution is 2.39. The van der Waals surface area contributed by atoms with E-state index in [1.165, 1.54) is 0 Å². The van der Waals surface area contributed by atoms with E-state index < -0.39 is 9.84 Å². The molecular weight excluding hydrogens is 210 g/mol. The molecule has 0 radical (unpaired) electrons. The molecule has 2 atom stereocenters. The Balaban J connectivity index is 2.27. The van der Waals surface area contributed by atoms with E-state index in [4.69, 9.17) is 5.73 Å². The molecule has 2 rings (SSSR count). The lowest BCUT2D eigenvalue weighted by Gasteiger charge is -2.03. The molecule has 0 aromatic heterocycles. The van der Waals surface area contributed by atoms with Gasteiger partial charge in [-0.25, -0.2) is 8.42 Å². The summed E-state index contributed by atoms with van der Waals surface area (Å²) < 4.78 is 24.0. The van der Waals surface area contributed by atoms with Crippen molar-refractivity contribution in [3.63, 3.8) is 0 Å². The molecule has 2 N–H and O–H groups in total. The van der Waals surface area contributed by atoms with Crippen LogP contribution >= 0.6 is 0 Å². The predicted octanol–water partition coefficient (Wildman–Crippen LogP) is 1.12. The summed E-state index contributed by atoms with van der Waals surface area (Å²) in [4.78, 5) is 0.425. The molecule has 0 saturated heterocycles. The van der Waals surface area contributed by atoms with Gasteiger partial charge in [-0.05, 0) is 37.9 Å². The number of benzene rings is 1. The second kappa shape index (κ2) is 3.61. The summed E-state index contributed by atoms with van der Waals surface area (Å²) in [5, 5.41) is -0.245. The van der Waals surface area contributed by atoms with E-state index >= 15 is 0 Å². The van der Waals surface area contributed by atoms with E-state index in [1.54, 1.807) is 12.1 Å². The number of rotatable bonds is 3. The van der Waals surface area contributed by atoms with Crippen LogP contribution in [0.4, 0.5) is 0 Å². The van der Waals surface area contributed by atoms with Gasteiger partial charge in [0.05, 0.1) is 10.1 Å². The Kier molecular flexibility index (Phi) is 2.56. The van der Waals surface area contributed by atoms with Crippen LogP contribution < -0.4 is 5.73 Å². The summed E-state index contributed by atoms with van der Waals surface area (Å²) in [6, 6.07) is 7.01. The minimum atomic E-state index is -3.12. The van der Waals surface area contributed by atoms with Crippen LogP contribution in [0.15, 0.2) is 29.2 Å². The smallest absolute Gasteiger partial charge is 0.181 e. The summed E-state index contributed by atoms with van der Waals surface area (Å²) in [5.74, 6) is 0.163. The van der Waals surface area contributed by atoms with Crippen LogP contribution in [0.3, 0.4) is 0 Å². The zero-order chi connectivity index (χ0) is 11.1. The highest BCUT2D eigenvalue weighted by atomic mass is 32.2. The van der Waals surface area contributed by atoms with Crippen molar-refractivity contribution in [2.75, 3.05) is 6.54 Å². The minimum absolute atomic E-state index is 0.163. The molecule has 1 aromatic rings. The van der Waals surface area contributed by atoms with Gasteiger partial charge in [0, 0.05) is 0 Å². The van der Waals surface area contributed by atoms with E-state index in [9.17, 15) is 8.42 Å². The molecule has 1 aliphatic carbocycles. The summed E-state index contributed by atoms with van der Waals surface area (Å²) in [6.45, 7) is 2.41. The maximum absolute atomic E-state index is 12.0. The number of aryl methyl sites for hydroxylation is 1. The van der Waals surface area contributed by atoms with Gasteiger partial charge in [0.15, 0.2) is 9.84 Å². The van der Waals surface area contributed by atoms with Gasteiger partial charge in [-0.1, -0.05) is 17.7 Å². The van der Waals surface area contributed by atoms with Gasteiger partial charge >= 0.3 is 0 Å². The molecule has 0 spiro atoms. The third-order valence-electron chi connectivity index (χ3n) is 2.91. The lowest BCUT2D eigenvalue weighted by Crippen LogP contribution is -2.13. The number of nitrogens with two attached hydrogens (primary N) is 1. The van der Waals surface area contributed by atoms with Crippen LogP contribution in [-0.2, 0) is 9.84 Å². The third kappa shape index (κ3) is 1.92. The molecule has 4 heteroatoms. The first-order valence-electron chi connectivity index (χ1n) is 5.06. The zero-order valence-corrected chi connectivity index (χ0v) is 9.50. The van der Waals surface area contributed by atoms with E-state index in [0.29, 0.717) is 17.9 Å². The monoisotopic (exact) mass is 225 g/mol. The number of hydrogen-bond donors (Lipinski definition) is 1. The van der Waals surface area contributed by atoms with E-state index in [2.05, 4.69) is 0 Å².